The SMILES string of the molecule is C[C@@H](OC(=O)Cc1n[nH]c(=O)c2ccccc12)C(=O)Nc1ccc(F)c(F)c1F. The molecule has 0 aliphatic rings. The Morgan fingerprint density at radius 2 is 1.79 bits per heavy atom. The number of benzene rings is 2. The molecule has 0 fully saturated rings. The van der Waals surface area contributed by atoms with Gasteiger partial charge in [0.15, 0.2) is 23.6 Å². The third-order valence-corrected chi connectivity index (χ3v) is 4.06. The van der Waals surface area contributed by atoms with Gasteiger partial charge in [0.1, 0.15) is 0 Å². The molecule has 0 spiro atoms. The van der Waals surface area contributed by atoms with Crippen LogP contribution in [0.25, 0.3) is 10.8 Å². The van der Waals surface area contributed by atoms with E-state index in [4.69, 9.17) is 4.74 Å². The van der Waals surface area contributed by atoms with Crippen molar-refractivity contribution in [3.8, 4) is 0 Å². The highest BCUT2D eigenvalue weighted by Gasteiger charge is 2.22. The number of anilines is 1. The topological polar surface area (TPSA) is 101 Å². The second kappa shape index (κ2) is 8.13. The van der Waals surface area contributed by atoms with Gasteiger partial charge in [-0.25, -0.2) is 18.3 Å². The summed E-state index contributed by atoms with van der Waals surface area (Å²) in [6.45, 7) is 1.23. The van der Waals surface area contributed by atoms with Crippen molar-refractivity contribution in [1.82, 2.24) is 10.2 Å². The van der Waals surface area contributed by atoms with Gasteiger partial charge in [-0.3, -0.25) is 14.4 Å². The normalized spacial score (nSPS) is 11.9. The number of ether oxygens (including phenoxy) is 1. The molecular formula is C19H14F3N3O4. The fraction of sp³-hybridized carbons (Fsp3) is 0.158. The van der Waals surface area contributed by atoms with E-state index in [1.165, 1.54) is 6.92 Å². The number of esters is 1. The molecule has 3 rings (SSSR count). The van der Waals surface area contributed by atoms with Crippen molar-refractivity contribution >= 4 is 28.3 Å². The third-order valence-electron chi connectivity index (χ3n) is 4.06. The van der Waals surface area contributed by atoms with Crippen molar-refractivity contribution in [3.05, 3.63) is 69.9 Å². The Hall–Kier alpha value is -3.69. The van der Waals surface area contributed by atoms with Crippen LogP contribution < -0.4 is 10.9 Å². The van der Waals surface area contributed by atoms with Gasteiger partial charge in [0.05, 0.1) is 23.2 Å². The van der Waals surface area contributed by atoms with E-state index in [0.717, 1.165) is 6.07 Å². The van der Waals surface area contributed by atoms with Crippen molar-refractivity contribution in [3.63, 3.8) is 0 Å². The highest BCUT2D eigenvalue weighted by Crippen LogP contribution is 2.20. The summed E-state index contributed by atoms with van der Waals surface area (Å²) in [4.78, 5) is 36.0. The van der Waals surface area contributed by atoms with E-state index in [9.17, 15) is 27.6 Å². The Bertz CT molecular complexity index is 1160. The third kappa shape index (κ3) is 4.26. The van der Waals surface area contributed by atoms with Gasteiger partial charge in [0.2, 0.25) is 0 Å². The van der Waals surface area contributed by atoms with Gasteiger partial charge in [-0.1, -0.05) is 18.2 Å². The summed E-state index contributed by atoms with van der Waals surface area (Å²) in [5.41, 5.74) is -0.770. The van der Waals surface area contributed by atoms with E-state index in [-0.39, 0.29) is 12.1 Å². The maximum Gasteiger partial charge on any atom is 0.312 e. The molecule has 0 aliphatic heterocycles. The number of nitrogens with zero attached hydrogens (tertiary/aromatic N) is 1. The van der Waals surface area contributed by atoms with Gasteiger partial charge < -0.3 is 10.1 Å². The molecule has 1 atom stereocenters. The molecule has 7 nitrogen and oxygen atoms in total. The first-order valence-electron chi connectivity index (χ1n) is 8.38. The zero-order valence-electron chi connectivity index (χ0n) is 15.0. The molecule has 0 saturated heterocycles. The zero-order valence-corrected chi connectivity index (χ0v) is 15.0. The van der Waals surface area contributed by atoms with Crippen LogP contribution in [0.1, 0.15) is 12.6 Å². The van der Waals surface area contributed by atoms with Crippen LogP contribution in [-0.2, 0) is 20.7 Å². The van der Waals surface area contributed by atoms with Crippen molar-refractivity contribution < 1.29 is 27.5 Å². The maximum absolute atomic E-state index is 13.6. The van der Waals surface area contributed by atoms with Crippen LogP contribution in [0.4, 0.5) is 18.9 Å². The van der Waals surface area contributed by atoms with E-state index >= 15 is 0 Å². The Morgan fingerprint density at radius 1 is 1.10 bits per heavy atom. The number of hydrogen-bond acceptors (Lipinski definition) is 5. The Balaban J connectivity index is 1.68. The number of rotatable bonds is 5. The molecule has 2 aromatic carbocycles. The molecule has 0 bridgehead atoms. The van der Waals surface area contributed by atoms with Crippen LogP contribution in [0.3, 0.4) is 0 Å². The highest BCUT2D eigenvalue weighted by atomic mass is 19.2. The number of hydrogen-bond donors (Lipinski definition) is 2. The summed E-state index contributed by atoms with van der Waals surface area (Å²) in [5.74, 6) is -6.48. The molecule has 29 heavy (non-hydrogen) atoms. The van der Waals surface area contributed by atoms with Crippen LogP contribution in [0.5, 0.6) is 0 Å². The first-order chi connectivity index (χ1) is 13.8. The minimum absolute atomic E-state index is 0.240. The minimum Gasteiger partial charge on any atom is -0.452 e. The molecule has 1 aromatic heterocycles. The number of nitrogens with one attached hydrogen (secondary N) is 2. The Kier molecular flexibility index (Phi) is 5.62. The van der Waals surface area contributed by atoms with E-state index in [0.29, 0.717) is 16.8 Å². The Morgan fingerprint density at radius 3 is 2.52 bits per heavy atom. The number of carbonyl (C=O) groups excluding carboxylic acids is 2. The van der Waals surface area contributed by atoms with Crippen LogP contribution >= 0.6 is 0 Å². The smallest absolute Gasteiger partial charge is 0.312 e. The van der Waals surface area contributed by atoms with Gasteiger partial charge in [-0.2, -0.15) is 5.10 Å². The number of halogens is 3. The van der Waals surface area contributed by atoms with Gasteiger partial charge in [0, 0.05) is 5.39 Å². The molecule has 0 saturated carbocycles. The largest absolute Gasteiger partial charge is 0.452 e. The van der Waals surface area contributed by atoms with Gasteiger partial charge in [-0.15, -0.1) is 0 Å². The van der Waals surface area contributed by atoms with Crippen molar-refractivity contribution in [2.45, 2.75) is 19.4 Å². The molecule has 2 N–H and O–H groups in total. The Labute approximate surface area is 161 Å². The number of amides is 1. The summed E-state index contributed by atoms with van der Waals surface area (Å²) >= 11 is 0. The number of carbonyl (C=O) groups is 2. The lowest BCUT2D eigenvalue weighted by atomic mass is 10.1. The maximum atomic E-state index is 13.6. The predicted octanol–water partition coefficient (Wildman–Crippen LogP) is 2.45. The van der Waals surface area contributed by atoms with Crippen molar-refractivity contribution in [2.24, 2.45) is 0 Å². The van der Waals surface area contributed by atoms with Crippen LogP contribution in [0.2, 0.25) is 0 Å². The van der Waals surface area contributed by atoms with Crippen LogP contribution in [0, 0.1) is 17.5 Å². The molecule has 1 amide bonds. The zero-order chi connectivity index (χ0) is 21.1. The van der Waals surface area contributed by atoms with Crippen molar-refractivity contribution in [2.75, 3.05) is 5.32 Å². The summed E-state index contributed by atoms with van der Waals surface area (Å²) in [6.07, 6.45) is -1.70. The summed E-state index contributed by atoms with van der Waals surface area (Å²) in [7, 11) is 0. The summed E-state index contributed by atoms with van der Waals surface area (Å²) in [5, 5.41) is 8.92. The van der Waals surface area contributed by atoms with Crippen LogP contribution in [0.15, 0.2) is 41.2 Å². The molecule has 0 unspecified atom stereocenters. The molecule has 0 radical (unpaired) electrons. The predicted molar refractivity (Wildman–Crippen MR) is 96.6 cm³/mol. The average molecular weight is 405 g/mol. The first kappa shape index (κ1) is 20.1. The number of H-pyrrole nitrogens is 1. The lowest BCUT2D eigenvalue weighted by molar-refractivity contribution is -0.152. The number of fused-ring (bicyclic) bond motifs is 1. The highest BCUT2D eigenvalue weighted by molar-refractivity contribution is 5.95. The van der Waals surface area contributed by atoms with Crippen LogP contribution in [-0.4, -0.2) is 28.2 Å². The summed E-state index contributed by atoms with van der Waals surface area (Å²) in [6, 6.07) is 8.00. The first-order valence-corrected chi connectivity index (χ1v) is 8.38. The lowest BCUT2D eigenvalue weighted by Gasteiger charge is -2.14. The standard InChI is InChI=1S/C19H14F3N3O4/c1-9(18(27)23-13-7-6-12(20)16(21)17(13)22)29-15(26)8-14-10-4-2-3-5-11(10)19(28)25-24-14/h2-7,9H,8H2,1H3,(H,23,27)(H,25,28)/t9-/m1/s1. The second-order valence-electron chi connectivity index (χ2n) is 6.07. The van der Waals surface area contributed by atoms with E-state index in [1.54, 1.807) is 24.3 Å². The number of aromatic amines is 1. The second-order valence-corrected chi connectivity index (χ2v) is 6.07. The molecule has 0 aliphatic carbocycles. The van der Waals surface area contributed by atoms with E-state index in [2.05, 4.69) is 10.2 Å². The molecule has 3 aromatic rings. The van der Waals surface area contributed by atoms with E-state index in [1.807, 2.05) is 5.32 Å². The van der Waals surface area contributed by atoms with Crippen molar-refractivity contribution in [1.29, 1.82) is 0 Å². The van der Waals surface area contributed by atoms with Gasteiger partial charge >= 0.3 is 5.97 Å². The minimum atomic E-state index is -1.73. The quantitative estimate of drug-likeness (QED) is 0.502. The van der Waals surface area contributed by atoms with Gasteiger partial charge in [0.25, 0.3) is 11.5 Å². The number of aromatic nitrogens is 2. The molecule has 150 valence electrons. The fourth-order valence-corrected chi connectivity index (χ4v) is 2.59. The summed E-state index contributed by atoms with van der Waals surface area (Å²) < 4.78 is 44.8. The molecular weight excluding hydrogens is 391 g/mol. The lowest BCUT2D eigenvalue weighted by Crippen LogP contribution is -2.31. The van der Waals surface area contributed by atoms with Gasteiger partial charge in [-0.05, 0) is 25.1 Å². The fourth-order valence-electron chi connectivity index (χ4n) is 2.59. The molecule has 10 heteroatoms. The average Bonchev–Trinajstić information content (AvgIpc) is 2.70. The monoisotopic (exact) mass is 405 g/mol. The molecule has 1 heterocycles. The van der Waals surface area contributed by atoms with E-state index < -0.39 is 46.7 Å².